The van der Waals surface area contributed by atoms with Gasteiger partial charge in [-0.25, -0.2) is 4.79 Å². The fourth-order valence-corrected chi connectivity index (χ4v) is 3.34. The number of primary amides is 1. The molecule has 0 aromatic rings. The number of hydrogen-bond acceptors (Lipinski definition) is 8. The molecule has 37 heavy (non-hydrogen) atoms. The third-order valence-electron chi connectivity index (χ3n) is 5.24. The van der Waals surface area contributed by atoms with Crippen molar-refractivity contribution in [1.29, 1.82) is 0 Å². The van der Waals surface area contributed by atoms with Gasteiger partial charge in [-0.1, -0.05) is 13.8 Å². The van der Waals surface area contributed by atoms with Gasteiger partial charge in [0.05, 0.1) is 12.5 Å². The minimum atomic E-state index is -1.55. The highest BCUT2D eigenvalue weighted by atomic mass is 16.4. The first-order chi connectivity index (χ1) is 17.3. The van der Waals surface area contributed by atoms with Crippen LogP contribution in [0.25, 0.3) is 0 Å². The molecule has 0 fully saturated rings. The van der Waals surface area contributed by atoms with Gasteiger partial charge in [0.1, 0.15) is 18.1 Å². The number of carboxylic acid groups (broad SMARTS) is 1. The smallest absolute Gasteiger partial charge is 0.326 e. The number of nitrogens with zero attached hydrogens (tertiary/aromatic N) is 1. The molecule has 0 saturated heterocycles. The fraction of sp³-hybridized carbons (Fsp3) is 0.727. The largest absolute Gasteiger partial charge is 0.480 e. The quantitative estimate of drug-likeness (QED) is 0.0463. The zero-order valence-corrected chi connectivity index (χ0v) is 21.6. The molecule has 0 aliphatic rings. The van der Waals surface area contributed by atoms with Crippen LogP contribution >= 0.6 is 0 Å². The number of carboxylic acids is 1. The van der Waals surface area contributed by atoms with E-state index in [0.717, 1.165) is 0 Å². The number of carbonyl (C=O) groups excluding carboxylic acids is 4. The average molecular weight is 530 g/mol. The number of aliphatic imine (C=N–C) groups is 1. The maximum absolute atomic E-state index is 13.1. The van der Waals surface area contributed by atoms with Crippen LogP contribution in [0.5, 0.6) is 0 Å². The lowest BCUT2D eigenvalue weighted by molar-refractivity contribution is -0.143. The number of hydrogen-bond donors (Lipinski definition) is 9. The standard InChI is InChI=1S/C22H43N9O6/c1-12(2)10-15(30-18(33)13(24)6-5-9-28-22(26)27)20(35)29-14(7-3-4-8-23)19(34)31-16(21(36)37)11-17(25)32/h12-16H,3-11,23-24H2,1-2H3,(H2,25,32)(H,29,35)(H,30,33)(H,31,34)(H,36,37)(H4,26,27,28). The van der Waals surface area contributed by atoms with Crippen molar-refractivity contribution in [3.63, 3.8) is 0 Å². The number of carbonyl (C=O) groups is 5. The summed E-state index contributed by atoms with van der Waals surface area (Å²) >= 11 is 0. The minimum absolute atomic E-state index is 0.00520. The molecule has 4 amide bonds. The summed E-state index contributed by atoms with van der Waals surface area (Å²) in [5.74, 6) is -4.41. The van der Waals surface area contributed by atoms with Crippen molar-refractivity contribution in [2.75, 3.05) is 13.1 Å². The van der Waals surface area contributed by atoms with Gasteiger partial charge in [-0.05, 0) is 51.0 Å². The topological polar surface area (TPSA) is 284 Å². The Balaban J connectivity index is 5.45. The lowest BCUT2D eigenvalue weighted by Crippen LogP contribution is -2.57. The van der Waals surface area contributed by atoms with Gasteiger partial charge in [0.15, 0.2) is 5.96 Å². The summed E-state index contributed by atoms with van der Waals surface area (Å²) in [7, 11) is 0. The van der Waals surface area contributed by atoms with Crippen LogP contribution in [-0.2, 0) is 24.0 Å². The predicted octanol–water partition coefficient (Wildman–Crippen LogP) is -3.04. The van der Waals surface area contributed by atoms with E-state index in [0.29, 0.717) is 32.4 Å². The molecule has 15 heteroatoms. The Morgan fingerprint density at radius 3 is 1.89 bits per heavy atom. The molecule has 0 aliphatic carbocycles. The zero-order valence-electron chi connectivity index (χ0n) is 21.6. The van der Waals surface area contributed by atoms with E-state index in [1.165, 1.54) is 0 Å². The first kappa shape index (κ1) is 33.5. The number of unbranched alkanes of at least 4 members (excludes halogenated alkanes) is 1. The van der Waals surface area contributed by atoms with Crippen molar-refractivity contribution in [2.45, 2.75) is 83.0 Å². The van der Waals surface area contributed by atoms with E-state index < -0.39 is 60.2 Å². The van der Waals surface area contributed by atoms with Crippen molar-refractivity contribution in [2.24, 2.45) is 39.6 Å². The number of guanidine groups is 1. The Morgan fingerprint density at radius 1 is 0.811 bits per heavy atom. The number of amides is 4. The molecule has 0 rings (SSSR count). The monoisotopic (exact) mass is 529 g/mol. The number of nitrogens with two attached hydrogens (primary N) is 5. The first-order valence-corrected chi connectivity index (χ1v) is 12.2. The van der Waals surface area contributed by atoms with Crippen LogP contribution in [0.2, 0.25) is 0 Å². The molecule has 0 aromatic heterocycles. The molecule has 0 heterocycles. The van der Waals surface area contributed by atoms with Crippen LogP contribution in [0.15, 0.2) is 4.99 Å². The Morgan fingerprint density at radius 2 is 1.38 bits per heavy atom. The highest BCUT2D eigenvalue weighted by Crippen LogP contribution is 2.09. The second-order valence-corrected chi connectivity index (χ2v) is 9.16. The van der Waals surface area contributed by atoms with Crippen LogP contribution in [0.3, 0.4) is 0 Å². The molecule has 4 atom stereocenters. The molecular formula is C22H43N9O6. The van der Waals surface area contributed by atoms with Crippen LogP contribution in [0.1, 0.15) is 58.8 Å². The van der Waals surface area contributed by atoms with E-state index >= 15 is 0 Å². The second-order valence-electron chi connectivity index (χ2n) is 9.16. The molecule has 0 aromatic carbocycles. The lowest BCUT2D eigenvalue weighted by Gasteiger charge is -2.26. The number of aliphatic carboxylic acids is 1. The fourth-order valence-electron chi connectivity index (χ4n) is 3.34. The second kappa shape index (κ2) is 17.9. The maximum Gasteiger partial charge on any atom is 0.326 e. The third-order valence-corrected chi connectivity index (χ3v) is 5.24. The number of rotatable bonds is 19. The summed E-state index contributed by atoms with van der Waals surface area (Å²) in [6.07, 6.45) is 1.55. The summed E-state index contributed by atoms with van der Waals surface area (Å²) in [6.45, 7) is 4.36. The van der Waals surface area contributed by atoms with Gasteiger partial charge in [0.2, 0.25) is 23.6 Å². The van der Waals surface area contributed by atoms with Gasteiger partial charge < -0.3 is 49.7 Å². The van der Waals surface area contributed by atoms with Crippen molar-refractivity contribution in [1.82, 2.24) is 16.0 Å². The van der Waals surface area contributed by atoms with Crippen LogP contribution in [-0.4, -0.2) is 77.9 Å². The van der Waals surface area contributed by atoms with Crippen molar-refractivity contribution in [3.8, 4) is 0 Å². The molecule has 0 radical (unpaired) electrons. The summed E-state index contributed by atoms with van der Waals surface area (Å²) in [5, 5.41) is 16.7. The van der Waals surface area contributed by atoms with E-state index in [1.807, 2.05) is 13.8 Å². The maximum atomic E-state index is 13.1. The molecular weight excluding hydrogens is 486 g/mol. The van der Waals surface area contributed by atoms with Gasteiger partial charge in [0, 0.05) is 6.54 Å². The lowest BCUT2D eigenvalue weighted by atomic mass is 10.0. The molecule has 0 aliphatic heterocycles. The summed E-state index contributed by atoms with van der Waals surface area (Å²) in [5.41, 5.74) is 27.1. The predicted molar refractivity (Wildman–Crippen MR) is 137 cm³/mol. The molecule has 0 saturated carbocycles. The zero-order chi connectivity index (χ0) is 28.5. The Kier molecular flexibility index (Phi) is 16.2. The molecule has 0 bridgehead atoms. The van der Waals surface area contributed by atoms with E-state index in [2.05, 4.69) is 20.9 Å². The normalized spacial score (nSPS) is 14.1. The Hall–Kier alpha value is -3.46. The summed E-state index contributed by atoms with van der Waals surface area (Å²) < 4.78 is 0. The molecule has 14 N–H and O–H groups in total. The highest BCUT2D eigenvalue weighted by Gasteiger charge is 2.31. The Labute approximate surface area is 216 Å². The van der Waals surface area contributed by atoms with Gasteiger partial charge in [-0.3, -0.25) is 24.2 Å². The molecule has 4 unspecified atom stereocenters. The van der Waals surface area contributed by atoms with Crippen molar-refractivity contribution in [3.05, 3.63) is 0 Å². The SMILES string of the molecule is CC(C)CC(NC(=O)C(N)CCCN=C(N)N)C(=O)NC(CCCCN)C(=O)NC(CC(N)=O)C(=O)O. The van der Waals surface area contributed by atoms with Crippen molar-refractivity contribution < 1.29 is 29.1 Å². The van der Waals surface area contributed by atoms with Crippen LogP contribution in [0, 0.1) is 5.92 Å². The van der Waals surface area contributed by atoms with Crippen LogP contribution < -0.4 is 44.6 Å². The Bertz CT molecular complexity index is 802. The van der Waals surface area contributed by atoms with Crippen molar-refractivity contribution >= 4 is 35.6 Å². The molecule has 0 spiro atoms. The number of nitrogens with one attached hydrogen (secondary N) is 3. The third kappa shape index (κ3) is 15.3. The summed E-state index contributed by atoms with van der Waals surface area (Å²) in [6, 6.07) is -4.59. The van der Waals surface area contributed by atoms with E-state index in [9.17, 15) is 29.1 Å². The minimum Gasteiger partial charge on any atom is -0.480 e. The van der Waals surface area contributed by atoms with Gasteiger partial charge in [0.25, 0.3) is 0 Å². The molecule has 212 valence electrons. The molecule has 15 nitrogen and oxygen atoms in total. The highest BCUT2D eigenvalue weighted by molar-refractivity contribution is 5.94. The summed E-state index contributed by atoms with van der Waals surface area (Å²) in [4.78, 5) is 65.0. The van der Waals surface area contributed by atoms with Gasteiger partial charge >= 0.3 is 5.97 Å². The van der Waals surface area contributed by atoms with E-state index in [4.69, 9.17) is 28.7 Å². The van der Waals surface area contributed by atoms with Gasteiger partial charge in [-0.15, -0.1) is 0 Å². The van der Waals surface area contributed by atoms with E-state index in [-0.39, 0.29) is 31.1 Å². The average Bonchev–Trinajstić information content (AvgIpc) is 2.79. The first-order valence-electron chi connectivity index (χ1n) is 12.2. The van der Waals surface area contributed by atoms with Crippen LogP contribution in [0.4, 0.5) is 0 Å². The van der Waals surface area contributed by atoms with Gasteiger partial charge in [-0.2, -0.15) is 0 Å². The van der Waals surface area contributed by atoms with E-state index in [1.54, 1.807) is 0 Å².